The van der Waals surface area contributed by atoms with Crippen LogP contribution in [0, 0.1) is 0 Å². The van der Waals surface area contributed by atoms with Crippen molar-refractivity contribution in [3.8, 4) is 0 Å². The van der Waals surface area contributed by atoms with Crippen LogP contribution in [0.25, 0.3) is 0 Å². The van der Waals surface area contributed by atoms with Crippen molar-refractivity contribution in [3.63, 3.8) is 0 Å². The van der Waals surface area contributed by atoms with Crippen molar-refractivity contribution in [2.24, 2.45) is 0 Å². The number of unbranched alkanes of at least 4 members (excludes halogenated alkanes) is 1. The number of nitrogens with one attached hydrogen (secondary N) is 1. The fourth-order valence-electron chi connectivity index (χ4n) is 1.66. The van der Waals surface area contributed by atoms with E-state index in [0.717, 1.165) is 42.0 Å². The lowest BCUT2D eigenvalue weighted by molar-refractivity contribution is 0.301. The van der Waals surface area contributed by atoms with Crippen LogP contribution < -0.4 is 10.2 Å². The third kappa shape index (κ3) is 4.10. The van der Waals surface area contributed by atoms with Crippen molar-refractivity contribution < 1.29 is 5.11 Å². The predicted octanol–water partition coefficient (Wildman–Crippen LogP) is 2.27. The Kier molecular flexibility index (Phi) is 6.97. The first-order valence-electron chi connectivity index (χ1n) is 6.34. The van der Waals surface area contributed by atoms with Gasteiger partial charge in [0.1, 0.15) is 22.4 Å². The highest BCUT2D eigenvalue weighted by Gasteiger charge is 2.14. The van der Waals surface area contributed by atoms with Crippen molar-refractivity contribution in [2.45, 2.75) is 26.7 Å². The third-order valence-electron chi connectivity index (χ3n) is 2.57. The van der Waals surface area contributed by atoms with Crippen LogP contribution in [0.4, 0.5) is 11.6 Å². The summed E-state index contributed by atoms with van der Waals surface area (Å²) in [4.78, 5) is 10.6. The van der Waals surface area contributed by atoms with Gasteiger partial charge in [-0.05, 0) is 29.3 Å². The van der Waals surface area contributed by atoms with Crippen LogP contribution in [0.1, 0.15) is 26.7 Å². The van der Waals surface area contributed by atoms with E-state index in [1.165, 1.54) is 0 Å². The Morgan fingerprint density at radius 3 is 2.72 bits per heavy atom. The Hall–Kier alpha value is -0.880. The average molecular weight is 317 g/mol. The van der Waals surface area contributed by atoms with E-state index < -0.39 is 0 Å². The van der Waals surface area contributed by atoms with E-state index in [1.54, 1.807) is 6.33 Å². The quantitative estimate of drug-likeness (QED) is 0.770. The molecule has 0 spiro atoms. The summed E-state index contributed by atoms with van der Waals surface area (Å²) in [7, 11) is 0. The van der Waals surface area contributed by atoms with Gasteiger partial charge < -0.3 is 15.3 Å². The zero-order valence-corrected chi connectivity index (χ0v) is 12.6. The zero-order valence-electron chi connectivity index (χ0n) is 11.0. The van der Waals surface area contributed by atoms with E-state index in [2.05, 4.69) is 43.0 Å². The molecular weight excluding hydrogens is 296 g/mol. The molecule has 1 aromatic rings. The molecule has 0 saturated heterocycles. The number of hydrogen-bond donors (Lipinski definition) is 2. The smallest absolute Gasteiger partial charge is 0.148 e. The summed E-state index contributed by atoms with van der Waals surface area (Å²) in [6.07, 6.45) is 3.74. The van der Waals surface area contributed by atoms with E-state index in [1.807, 2.05) is 6.92 Å². The van der Waals surface area contributed by atoms with Gasteiger partial charge >= 0.3 is 0 Å². The maximum absolute atomic E-state index is 9.14. The molecule has 6 heteroatoms. The molecule has 2 N–H and O–H groups in total. The highest BCUT2D eigenvalue weighted by molar-refractivity contribution is 9.10. The van der Waals surface area contributed by atoms with Crippen molar-refractivity contribution in [2.75, 3.05) is 36.5 Å². The average Bonchev–Trinajstić information content (AvgIpc) is 2.38. The number of aliphatic hydroxyl groups is 1. The number of aromatic nitrogens is 2. The van der Waals surface area contributed by atoms with E-state index in [-0.39, 0.29) is 6.61 Å². The third-order valence-corrected chi connectivity index (χ3v) is 3.30. The molecule has 0 amide bonds. The molecule has 18 heavy (non-hydrogen) atoms. The summed E-state index contributed by atoms with van der Waals surface area (Å²) in [6, 6.07) is 0. The second-order valence-electron chi connectivity index (χ2n) is 3.95. The number of hydrogen-bond acceptors (Lipinski definition) is 5. The highest BCUT2D eigenvalue weighted by Crippen LogP contribution is 2.29. The molecule has 0 saturated carbocycles. The second-order valence-corrected chi connectivity index (χ2v) is 4.75. The van der Waals surface area contributed by atoms with Gasteiger partial charge in [0.15, 0.2) is 0 Å². The first kappa shape index (κ1) is 15.2. The first-order chi connectivity index (χ1) is 8.74. The summed E-state index contributed by atoms with van der Waals surface area (Å²) < 4.78 is 0.858. The molecule has 0 aliphatic rings. The van der Waals surface area contributed by atoms with E-state index in [9.17, 15) is 0 Å². The Balaban J connectivity index is 2.92. The summed E-state index contributed by atoms with van der Waals surface area (Å²) >= 11 is 3.53. The van der Waals surface area contributed by atoms with E-state index in [0.29, 0.717) is 6.54 Å². The Bertz CT molecular complexity index is 362. The monoisotopic (exact) mass is 316 g/mol. The van der Waals surface area contributed by atoms with Crippen LogP contribution in [0.5, 0.6) is 0 Å². The van der Waals surface area contributed by atoms with Crippen molar-refractivity contribution in [1.29, 1.82) is 0 Å². The molecule has 0 atom stereocenters. The Morgan fingerprint density at radius 2 is 2.11 bits per heavy atom. The fourth-order valence-corrected chi connectivity index (χ4v) is 2.26. The summed E-state index contributed by atoms with van der Waals surface area (Å²) in [5, 5.41) is 12.3. The molecule has 0 radical (unpaired) electrons. The van der Waals surface area contributed by atoms with Crippen molar-refractivity contribution in [1.82, 2.24) is 9.97 Å². The molecule has 0 aliphatic carbocycles. The SMILES string of the molecule is CCCCN(CCO)c1ncnc(NCC)c1Br. The zero-order chi connectivity index (χ0) is 13.4. The van der Waals surface area contributed by atoms with Gasteiger partial charge in [-0.25, -0.2) is 9.97 Å². The topological polar surface area (TPSA) is 61.3 Å². The lowest BCUT2D eigenvalue weighted by Crippen LogP contribution is -2.29. The van der Waals surface area contributed by atoms with Gasteiger partial charge in [-0.3, -0.25) is 0 Å². The number of halogens is 1. The van der Waals surface area contributed by atoms with Crippen LogP contribution in [0.3, 0.4) is 0 Å². The second kappa shape index (κ2) is 8.26. The molecule has 102 valence electrons. The lowest BCUT2D eigenvalue weighted by Gasteiger charge is -2.24. The minimum absolute atomic E-state index is 0.122. The molecule has 0 fully saturated rings. The molecule has 1 rings (SSSR count). The molecule has 1 heterocycles. The van der Waals surface area contributed by atoms with E-state index in [4.69, 9.17) is 5.11 Å². The fraction of sp³-hybridized carbons (Fsp3) is 0.667. The van der Waals surface area contributed by atoms with Gasteiger partial charge in [-0.2, -0.15) is 0 Å². The summed E-state index contributed by atoms with van der Waals surface area (Å²) in [5.74, 6) is 1.63. The highest BCUT2D eigenvalue weighted by atomic mass is 79.9. The number of aliphatic hydroxyl groups excluding tert-OH is 1. The van der Waals surface area contributed by atoms with Gasteiger partial charge in [0.2, 0.25) is 0 Å². The van der Waals surface area contributed by atoms with Crippen LogP contribution in [-0.2, 0) is 0 Å². The molecule has 0 aromatic carbocycles. The molecule has 1 aromatic heterocycles. The molecule has 0 bridgehead atoms. The van der Waals surface area contributed by atoms with Gasteiger partial charge in [-0.15, -0.1) is 0 Å². The molecular formula is C12H21BrN4O. The minimum Gasteiger partial charge on any atom is -0.395 e. The molecule has 5 nitrogen and oxygen atoms in total. The molecule has 0 unspecified atom stereocenters. The van der Waals surface area contributed by atoms with Crippen LogP contribution in [0.15, 0.2) is 10.8 Å². The van der Waals surface area contributed by atoms with Crippen LogP contribution >= 0.6 is 15.9 Å². The lowest BCUT2D eigenvalue weighted by atomic mass is 10.3. The summed E-state index contributed by atoms with van der Waals surface area (Å²) in [6.45, 7) is 6.58. The van der Waals surface area contributed by atoms with Crippen LogP contribution in [0.2, 0.25) is 0 Å². The Labute approximate surface area is 117 Å². The minimum atomic E-state index is 0.122. The van der Waals surface area contributed by atoms with Gasteiger partial charge in [-0.1, -0.05) is 13.3 Å². The largest absolute Gasteiger partial charge is 0.395 e. The van der Waals surface area contributed by atoms with Gasteiger partial charge in [0.25, 0.3) is 0 Å². The maximum Gasteiger partial charge on any atom is 0.148 e. The Morgan fingerprint density at radius 1 is 1.33 bits per heavy atom. The van der Waals surface area contributed by atoms with Gasteiger partial charge in [0, 0.05) is 19.6 Å². The standard InChI is InChI=1S/C12H21BrN4O/c1-3-5-6-17(7-8-18)12-10(13)11(14-4-2)15-9-16-12/h9,18H,3-8H2,1-2H3,(H,14,15,16). The summed E-state index contributed by atoms with van der Waals surface area (Å²) in [5.41, 5.74) is 0. The van der Waals surface area contributed by atoms with Crippen molar-refractivity contribution >= 4 is 27.6 Å². The van der Waals surface area contributed by atoms with Gasteiger partial charge in [0.05, 0.1) is 6.61 Å². The van der Waals surface area contributed by atoms with Crippen LogP contribution in [-0.4, -0.2) is 41.3 Å². The normalized spacial score (nSPS) is 10.4. The molecule has 0 aliphatic heterocycles. The predicted molar refractivity (Wildman–Crippen MR) is 78.1 cm³/mol. The first-order valence-corrected chi connectivity index (χ1v) is 7.14. The van der Waals surface area contributed by atoms with Crippen molar-refractivity contribution in [3.05, 3.63) is 10.8 Å². The number of anilines is 2. The van der Waals surface area contributed by atoms with E-state index >= 15 is 0 Å². The maximum atomic E-state index is 9.14. The number of rotatable bonds is 8. The number of nitrogens with zero attached hydrogens (tertiary/aromatic N) is 3.